The number of hydrogen-bond acceptors (Lipinski definition) is 2. The quantitative estimate of drug-likeness (QED) is 0.734. The van der Waals surface area contributed by atoms with Crippen LogP contribution in [0.3, 0.4) is 0 Å². The summed E-state index contributed by atoms with van der Waals surface area (Å²) in [5.41, 5.74) is 0.894. The summed E-state index contributed by atoms with van der Waals surface area (Å²) in [7, 11) is 1.76. The zero-order chi connectivity index (χ0) is 11.5. The Labute approximate surface area is 93.6 Å². The summed E-state index contributed by atoms with van der Waals surface area (Å²) in [6.45, 7) is 4.08. The molecule has 16 heavy (non-hydrogen) atoms. The molecule has 0 fully saturated rings. The molecule has 0 spiro atoms. The third-order valence-electron chi connectivity index (χ3n) is 2.46. The van der Waals surface area contributed by atoms with Gasteiger partial charge in [-0.05, 0) is 24.3 Å². The maximum Gasteiger partial charge on any atom is 0.250 e. The molecule has 1 aromatic heterocycles. The van der Waals surface area contributed by atoms with Crippen molar-refractivity contribution in [3.05, 3.63) is 53.3 Å². The molecule has 1 aromatic carbocycles. The smallest absolute Gasteiger partial charge is 0.250 e. The van der Waals surface area contributed by atoms with E-state index >= 15 is 0 Å². The van der Waals surface area contributed by atoms with Crippen molar-refractivity contribution < 1.29 is 4.74 Å². The fourth-order valence-electron chi connectivity index (χ4n) is 1.61. The second kappa shape index (κ2) is 4.23. The second-order valence-corrected chi connectivity index (χ2v) is 3.55. The Morgan fingerprint density at radius 2 is 2.19 bits per heavy atom. The molecule has 82 valence electrons. The van der Waals surface area contributed by atoms with E-state index in [2.05, 4.69) is 6.58 Å². The Hall–Kier alpha value is -2.03. The molecule has 2 rings (SSSR count). The van der Waals surface area contributed by atoms with Gasteiger partial charge in [0.25, 0.3) is 5.56 Å². The van der Waals surface area contributed by atoms with Gasteiger partial charge in [-0.2, -0.15) is 0 Å². The van der Waals surface area contributed by atoms with Gasteiger partial charge >= 0.3 is 0 Å². The average Bonchev–Trinajstić information content (AvgIpc) is 2.31. The highest BCUT2D eigenvalue weighted by Gasteiger charge is 2.00. The minimum atomic E-state index is -0.00717. The molecule has 0 N–H and O–H groups in total. The number of rotatable bonds is 3. The summed E-state index contributed by atoms with van der Waals surface area (Å²) >= 11 is 0. The molecule has 0 aliphatic heterocycles. The molecule has 3 heteroatoms. The van der Waals surface area contributed by atoms with E-state index in [9.17, 15) is 4.79 Å². The van der Waals surface area contributed by atoms with E-state index in [-0.39, 0.29) is 5.56 Å². The molecule has 0 atom stereocenters. The number of aromatic nitrogens is 1. The zero-order valence-corrected chi connectivity index (χ0v) is 9.14. The number of aryl methyl sites for hydroxylation is 1. The van der Waals surface area contributed by atoms with Crippen molar-refractivity contribution in [2.45, 2.75) is 0 Å². The number of hydrogen-bond donors (Lipinski definition) is 0. The number of nitrogens with zero attached hydrogens (tertiary/aromatic N) is 1. The van der Waals surface area contributed by atoms with Crippen LogP contribution in [0.2, 0.25) is 0 Å². The van der Waals surface area contributed by atoms with Crippen LogP contribution in [-0.2, 0) is 7.05 Å². The van der Waals surface area contributed by atoms with Crippen molar-refractivity contribution in [2.24, 2.45) is 7.05 Å². The predicted molar refractivity (Wildman–Crippen MR) is 64.9 cm³/mol. The maximum absolute atomic E-state index is 11.4. The van der Waals surface area contributed by atoms with E-state index in [4.69, 9.17) is 4.74 Å². The Bertz CT molecular complexity index is 584. The lowest BCUT2D eigenvalue weighted by Gasteiger charge is -2.07. The van der Waals surface area contributed by atoms with E-state index in [1.54, 1.807) is 29.8 Å². The Morgan fingerprint density at radius 3 is 2.94 bits per heavy atom. The van der Waals surface area contributed by atoms with E-state index in [0.29, 0.717) is 6.61 Å². The first kappa shape index (κ1) is 10.5. The van der Waals surface area contributed by atoms with Gasteiger partial charge in [-0.1, -0.05) is 12.7 Å². The summed E-state index contributed by atoms with van der Waals surface area (Å²) in [5.74, 6) is 0.783. The molecule has 0 saturated heterocycles. The molecule has 1 heterocycles. The van der Waals surface area contributed by atoms with Gasteiger partial charge in [0.1, 0.15) is 12.4 Å². The van der Waals surface area contributed by atoms with Crippen molar-refractivity contribution in [1.29, 1.82) is 0 Å². The van der Waals surface area contributed by atoms with Crippen molar-refractivity contribution in [2.75, 3.05) is 6.61 Å². The molecule has 0 unspecified atom stereocenters. The van der Waals surface area contributed by atoms with Crippen LogP contribution in [-0.4, -0.2) is 11.2 Å². The molecular formula is C13H13NO2. The largest absolute Gasteiger partial charge is 0.490 e. The fourth-order valence-corrected chi connectivity index (χ4v) is 1.61. The molecule has 3 nitrogen and oxygen atoms in total. The molecule has 0 radical (unpaired) electrons. The van der Waals surface area contributed by atoms with Crippen LogP contribution in [0.25, 0.3) is 10.9 Å². The zero-order valence-electron chi connectivity index (χ0n) is 9.14. The summed E-state index contributed by atoms with van der Waals surface area (Å²) < 4.78 is 7.05. The summed E-state index contributed by atoms with van der Waals surface area (Å²) in [5, 5.41) is 0.990. The van der Waals surface area contributed by atoms with Crippen molar-refractivity contribution in [3.8, 4) is 5.75 Å². The number of ether oxygens (including phenoxy) is 1. The normalized spacial score (nSPS) is 10.3. The van der Waals surface area contributed by atoms with Gasteiger partial charge < -0.3 is 9.30 Å². The topological polar surface area (TPSA) is 31.2 Å². The van der Waals surface area contributed by atoms with Crippen LogP contribution in [0.1, 0.15) is 0 Å². The first-order valence-electron chi connectivity index (χ1n) is 5.06. The van der Waals surface area contributed by atoms with Crippen LogP contribution in [0, 0.1) is 0 Å². The van der Waals surface area contributed by atoms with Crippen LogP contribution in [0.5, 0.6) is 5.75 Å². The first-order chi connectivity index (χ1) is 7.72. The van der Waals surface area contributed by atoms with E-state index in [0.717, 1.165) is 16.7 Å². The third-order valence-corrected chi connectivity index (χ3v) is 2.46. The summed E-state index contributed by atoms with van der Waals surface area (Å²) in [6.07, 6.45) is 1.70. The lowest BCUT2D eigenvalue weighted by Crippen LogP contribution is -2.14. The van der Waals surface area contributed by atoms with Crippen LogP contribution < -0.4 is 10.3 Å². The monoisotopic (exact) mass is 215 g/mol. The Balaban J connectivity index is 2.51. The van der Waals surface area contributed by atoms with Crippen molar-refractivity contribution in [1.82, 2.24) is 4.57 Å². The van der Waals surface area contributed by atoms with Crippen LogP contribution in [0.15, 0.2) is 47.8 Å². The molecule has 2 aromatic rings. The molecule has 0 aliphatic carbocycles. The molecule has 0 amide bonds. The molecule has 0 bridgehead atoms. The van der Waals surface area contributed by atoms with E-state index < -0.39 is 0 Å². The SMILES string of the molecule is C=CCOc1ccc2c(ccc(=O)n2C)c1. The molecule has 0 saturated carbocycles. The Kier molecular flexibility index (Phi) is 2.77. The van der Waals surface area contributed by atoms with Gasteiger partial charge in [-0.3, -0.25) is 4.79 Å². The average molecular weight is 215 g/mol. The van der Waals surface area contributed by atoms with Crippen LogP contribution >= 0.6 is 0 Å². The number of benzene rings is 1. The highest BCUT2D eigenvalue weighted by molar-refractivity contribution is 5.80. The van der Waals surface area contributed by atoms with Gasteiger partial charge in [-0.15, -0.1) is 0 Å². The third kappa shape index (κ3) is 1.84. The van der Waals surface area contributed by atoms with Crippen molar-refractivity contribution >= 4 is 10.9 Å². The minimum absolute atomic E-state index is 0.00717. The van der Waals surface area contributed by atoms with E-state index in [1.165, 1.54) is 0 Å². The number of fused-ring (bicyclic) bond motifs is 1. The van der Waals surface area contributed by atoms with Gasteiger partial charge in [0.2, 0.25) is 0 Å². The van der Waals surface area contributed by atoms with Gasteiger partial charge in [0.05, 0.1) is 5.52 Å². The molecular weight excluding hydrogens is 202 g/mol. The van der Waals surface area contributed by atoms with Crippen molar-refractivity contribution in [3.63, 3.8) is 0 Å². The highest BCUT2D eigenvalue weighted by Crippen LogP contribution is 2.19. The van der Waals surface area contributed by atoms with Gasteiger partial charge in [0.15, 0.2) is 0 Å². The number of pyridine rings is 1. The van der Waals surface area contributed by atoms with E-state index in [1.807, 2.05) is 18.2 Å². The van der Waals surface area contributed by atoms with Gasteiger partial charge in [-0.25, -0.2) is 0 Å². The standard InChI is InChI=1S/C13H13NO2/c1-3-8-16-11-5-6-12-10(9-11)4-7-13(15)14(12)2/h3-7,9H,1,8H2,2H3. The van der Waals surface area contributed by atoms with Crippen LogP contribution in [0.4, 0.5) is 0 Å². The maximum atomic E-state index is 11.4. The Morgan fingerprint density at radius 1 is 1.38 bits per heavy atom. The second-order valence-electron chi connectivity index (χ2n) is 3.55. The highest BCUT2D eigenvalue weighted by atomic mass is 16.5. The summed E-state index contributed by atoms with van der Waals surface area (Å²) in [6, 6.07) is 9.01. The minimum Gasteiger partial charge on any atom is -0.490 e. The lowest BCUT2D eigenvalue weighted by molar-refractivity contribution is 0.364. The predicted octanol–water partition coefficient (Wildman–Crippen LogP) is 2.10. The first-order valence-corrected chi connectivity index (χ1v) is 5.06. The lowest BCUT2D eigenvalue weighted by atomic mass is 10.2. The molecule has 0 aliphatic rings. The van der Waals surface area contributed by atoms with Gasteiger partial charge in [0, 0.05) is 18.5 Å². The summed E-state index contributed by atoms with van der Waals surface area (Å²) in [4.78, 5) is 11.4. The fraction of sp³-hybridized carbons (Fsp3) is 0.154.